The van der Waals surface area contributed by atoms with Crippen LogP contribution >= 0.6 is 15.9 Å². The molecular formula is C11H14BrNO2. The van der Waals surface area contributed by atoms with Gasteiger partial charge in [-0.3, -0.25) is 4.90 Å². The molecule has 3 nitrogen and oxygen atoms in total. The van der Waals surface area contributed by atoms with Crippen LogP contribution in [0, 0.1) is 6.92 Å². The molecule has 1 amide bonds. The SMILES string of the molecule is CCOC(=O)N(C)c1ccc(Br)cc1C. The summed E-state index contributed by atoms with van der Waals surface area (Å²) in [5.74, 6) is 0. The van der Waals surface area contributed by atoms with Gasteiger partial charge in [0.15, 0.2) is 0 Å². The number of amides is 1. The average Bonchev–Trinajstić information content (AvgIpc) is 2.17. The van der Waals surface area contributed by atoms with E-state index in [-0.39, 0.29) is 6.09 Å². The number of halogens is 1. The largest absolute Gasteiger partial charge is 0.449 e. The minimum Gasteiger partial charge on any atom is -0.449 e. The van der Waals surface area contributed by atoms with Crippen LogP contribution in [-0.2, 0) is 4.74 Å². The van der Waals surface area contributed by atoms with E-state index in [1.54, 1.807) is 14.0 Å². The minimum atomic E-state index is -0.331. The van der Waals surface area contributed by atoms with Crippen LogP contribution in [0.15, 0.2) is 22.7 Å². The summed E-state index contributed by atoms with van der Waals surface area (Å²) in [4.78, 5) is 13.0. The number of hydrogen-bond donors (Lipinski definition) is 0. The lowest BCUT2D eigenvalue weighted by atomic mass is 10.2. The first-order valence-corrected chi connectivity index (χ1v) is 5.52. The van der Waals surface area contributed by atoms with Gasteiger partial charge in [0, 0.05) is 17.2 Å². The van der Waals surface area contributed by atoms with Crippen molar-refractivity contribution in [2.45, 2.75) is 13.8 Å². The molecule has 0 aliphatic heterocycles. The summed E-state index contributed by atoms with van der Waals surface area (Å²) in [6.07, 6.45) is -0.331. The second kappa shape index (κ2) is 5.16. The molecule has 0 atom stereocenters. The topological polar surface area (TPSA) is 29.5 Å². The summed E-state index contributed by atoms with van der Waals surface area (Å²) in [7, 11) is 1.70. The molecule has 0 N–H and O–H groups in total. The second-order valence-corrected chi connectivity index (χ2v) is 4.10. The van der Waals surface area contributed by atoms with Crippen LogP contribution in [0.1, 0.15) is 12.5 Å². The fourth-order valence-electron chi connectivity index (χ4n) is 1.31. The van der Waals surface area contributed by atoms with Crippen LogP contribution in [0.4, 0.5) is 10.5 Å². The predicted octanol–water partition coefficient (Wildman–Crippen LogP) is 3.35. The zero-order valence-corrected chi connectivity index (χ0v) is 10.7. The van der Waals surface area contributed by atoms with Gasteiger partial charge < -0.3 is 4.74 Å². The highest BCUT2D eigenvalue weighted by Crippen LogP contribution is 2.23. The quantitative estimate of drug-likeness (QED) is 0.826. The monoisotopic (exact) mass is 271 g/mol. The predicted molar refractivity (Wildman–Crippen MR) is 64.3 cm³/mol. The van der Waals surface area contributed by atoms with Crippen LogP contribution in [0.3, 0.4) is 0 Å². The van der Waals surface area contributed by atoms with Crippen LogP contribution < -0.4 is 4.90 Å². The lowest BCUT2D eigenvalue weighted by Gasteiger charge is -2.18. The first-order chi connectivity index (χ1) is 7.06. The fraction of sp³-hybridized carbons (Fsp3) is 0.364. The summed E-state index contributed by atoms with van der Waals surface area (Å²) in [5, 5.41) is 0. The number of carbonyl (C=O) groups excluding carboxylic acids is 1. The van der Waals surface area contributed by atoms with Gasteiger partial charge in [0.2, 0.25) is 0 Å². The summed E-state index contributed by atoms with van der Waals surface area (Å²) in [5.41, 5.74) is 1.89. The third kappa shape index (κ3) is 2.96. The average molecular weight is 272 g/mol. The Morgan fingerprint density at radius 2 is 2.20 bits per heavy atom. The number of rotatable bonds is 2. The van der Waals surface area contributed by atoms with Gasteiger partial charge in [0.1, 0.15) is 0 Å². The number of benzene rings is 1. The van der Waals surface area contributed by atoms with Crippen LogP contribution in [0.25, 0.3) is 0 Å². The zero-order valence-electron chi connectivity index (χ0n) is 9.08. The summed E-state index contributed by atoms with van der Waals surface area (Å²) >= 11 is 3.38. The van der Waals surface area contributed by atoms with E-state index in [2.05, 4.69) is 15.9 Å². The van der Waals surface area contributed by atoms with Crippen molar-refractivity contribution in [3.63, 3.8) is 0 Å². The standard InChI is InChI=1S/C11H14BrNO2/c1-4-15-11(14)13(3)10-6-5-9(12)7-8(10)2/h5-7H,4H2,1-3H3. The van der Waals surface area contributed by atoms with Crippen molar-refractivity contribution in [2.24, 2.45) is 0 Å². The highest BCUT2D eigenvalue weighted by molar-refractivity contribution is 9.10. The van der Waals surface area contributed by atoms with E-state index in [1.165, 1.54) is 4.90 Å². The van der Waals surface area contributed by atoms with Crippen LogP contribution in [0.2, 0.25) is 0 Å². The molecule has 0 aromatic heterocycles. The van der Waals surface area contributed by atoms with Gasteiger partial charge in [-0.1, -0.05) is 15.9 Å². The number of nitrogens with zero attached hydrogens (tertiary/aromatic N) is 1. The van der Waals surface area contributed by atoms with E-state index < -0.39 is 0 Å². The van der Waals surface area contributed by atoms with Crippen molar-refractivity contribution in [1.82, 2.24) is 0 Å². The summed E-state index contributed by atoms with van der Waals surface area (Å²) in [6.45, 7) is 4.13. The highest BCUT2D eigenvalue weighted by Gasteiger charge is 2.13. The first kappa shape index (κ1) is 12.0. The molecule has 1 aromatic carbocycles. The summed E-state index contributed by atoms with van der Waals surface area (Å²) < 4.78 is 5.92. The zero-order chi connectivity index (χ0) is 11.4. The third-order valence-corrected chi connectivity index (χ3v) is 2.56. The molecular weight excluding hydrogens is 258 g/mol. The Bertz CT molecular complexity index is 366. The Kier molecular flexibility index (Phi) is 4.15. The Morgan fingerprint density at radius 1 is 1.53 bits per heavy atom. The lowest BCUT2D eigenvalue weighted by Crippen LogP contribution is -2.27. The number of aryl methyl sites for hydroxylation is 1. The van der Waals surface area contributed by atoms with Gasteiger partial charge >= 0.3 is 6.09 Å². The Hall–Kier alpha value is -1.03. The molecule has 0 radical (unpaired) electrons. The molecule has 0 aliphatic rings. The maximum Gasteiger partial charge on any atom is 0.414 e. The molecule has 82 valence electrons. The van der Waals surface area contributed by atoms with Crippen LogP contribution in [-0.4, -0.2) is 19.7 Å². The molecule has 1 rings (SSSR count). The van der Waals surface area contributed by atoms with Crippen molar-refractivity contribution in [3.8, 4) is 0 Å². The van der Waals surface area contributed by atoms with Crippen molar-refractivity contribution < 1.29 is 9.53 Å². The molecule has 0 unspecified atom stereocenters. The van der Waals surface area contributed by atoms with E-state index >= 15 is 0 Å². The van der Waals surface area contributed by atoms with Crippen LogP contribution in [0.5, 0.6) is 0 Å². The third-order valence-electron chi connectivity index (χ3n) is 2.06. The molecule has 0 heterocycles. The van der Waals surface area contributed by atoms with Gasteiger partial charge in [-0.2, -0.15) is 0 Å². The smallest absolute Gasteiger partial charge is 0.414 e. The van der Waals surface area contributed by atoms with Gasteiger partial charge in [-0.05, 0) is 37.6 Å². The Morgan fingerprint density at radius 3 is 2.73 bits per heavy atom. The Labute approximate surface area is 98.2 Å². The number of ether oxygens (including phenoxy) is 1. The first-order valence-electron chi connectivity index (χ1n) is 4.73. The molecule has 0 fully saturated rings. The summed E-state index contributed by atoms with van der Waals surface area (Å²) in [6, 6.07) is 5.75. The molecule has 0 bridgehead atoms. The molecule has 1 aromatic rings. The van der Waals surface area contributed by atoms with Crippen molar-refractivity contribution in [3.05, 3.63) is 28.2 Å². The normalized spacial score (nSPS) is 9.87. The molecule has 0 spiro atoms. The molecule has 0 saturated carbocycles. The van der Waals surface area contributed by atoms with Crippen molar-refractivity contribution in [2.75, 3.05) is 18.6 Å². The minimum absolute atomic E-state index is 0.331. The molecule has 15 heavy (non-hydrogen) atoms. The van der Waals surface area contributed by atoms with E-state index in [4.69, 9.17) is 4.74 Å². The van der Waals surface area contributed by atoms with Gasteiger partial charge in [0.05, 0.1) is 6.61 Å². The maximum absolute atomic E-state index is 11.5. The van der Waals surface area contributed by atoms with Gasteiger partial charge in [-0.15, -0.1) is 0 Å². The molecule has 4 heteroatoms. The molecule has 0 saturated heterocycles. The van der Waals surface area contributed by atoms with E-state index in [0.717, 1.165) is 15.7 Å². The van der Waals surface area contributed by atoms with E-state index in [0.29, 0.717) is 6.61 Å². The maximum atomic E-state index is 11.5. The van der Waals surface area contributed by atoms with E-state index in [1.807, 2.05) is 25.1 Å². The lowest BCUT2D eigenvalue weighted by molar-refractivity contribution is 0.161. The van der Waals surface area contributed by atoms with Crippen molar-refractivity contribution in [1.29, 1.82) is 0 Å². The fourth-order valence-corrected chi connectivity index (χ4v) is 1.79. The highest BCUT2D eigenvalue weighted by atomic mass is 79.9. The number of carbonyl (C=O) groups is 1. The van der Waals surface area contributed by atoms with Gasteiger partial charge in [-0.25, -0.2) is 4.79 Å². The van der Waals surface area contributed by atoms with E-state index in [9.17, 15) is 4.79 Å². The second-order valence-electron chi connectivity index (χ2n) is 3.19. The van der Waals surface area contributed by atoms with Crippen molar-refractivity contribution >= 4 is 27.7 Å². The van der Waals surface area contributed by atoms with Gasteiger partial charge in [0.25, 0.3) is 0 Å². The number of anilines is 1. The molecule has 0 aliphatic carbocycles. The number of hydrogen-bond acceptors (Lipinski definition) is 2. The Balaban J connectivity index is 2.91.